The quantitative estimate of drug-likeness (QED) is 0.262. The predicted molar refractivity (Wildman–Crippen MR) is 154 cm³/mol. The summed E-state index contributed by atoms with van der Waals surface area (Å²) in [5, 5.41) is 1.16. The average Bonchev–Trinajstić information content (AvgIpc) is 3.37. The van der Waals surface area contributed by atoms with Crippen molar-refractivity contribution in [2.75, 3.05) is 33.9 Å². The van der Waals surface area contributed by atoms with Crippen LogP contribution in [0.4, 0.5) is 0 Å². The van der Waals surface area contributed by atoms with Gasteiger partial charge in [-0.05, 0) is 59.9 Å². The second-order valence-corrected chi connectivity index (χ2v) is 10.1. The molecular formula is C32H37N3O4. The monoisotopic (exact) mass is 527 g/mol. The van der Waals surface area contributed by atoms with E-state index in [0.29, 0.717) is 37.4 Å². The number of fused-ring (bicyclic) bond motifs is 1. The van der Waals surface area contributed by atoms with E-state index >= 15 is 0 Å². The molecule has 0 aliphatic heterocycles. The summed E-state index contributed by atoms with van der Waals surface area (Å²) in [6.45, 7) is 5.52. The van der Waals surface area contributed by atoms with Crippen molar-refractivity contribution < 1.29 is 19.1 Å². The van der Waals surface area contributed by atoms with E-state index in [9.17, 15) is 9.59 Å². The zero-order chi connectivity index (χ0) is 27.8. The van der Waals surface area contributed by atoms with Gasteiger partial charge >= 0.3 is 0 Å². The summed E-state index contributed by atoms with van der Waals surface area (Å²) in [6, 6.07) is 23.0. The number of hydrogen-bond donors (Lipinski definition) is 1. The van der Waals surface area contributed by atoms with Gasteiger partial charge in [-0.3, -0.25) is 9.59 Å². The number of H-pyrrole nitrogens is 1. The Morgan fingerprint density at radius 3 is 2.33 bits per heavy atom. The Morgan fingerprint density at radius 2 is 1.62 bits per heavy atom. The van der Waals surface area contributed by atoms with Crippen LogP contribution in [-0.2, 0) is 17.8 Å². The molecule has 7 nitrogen and oxygen atoms in total. The van der Waals surface area contributed by atoms with E-state index in [-0.39, 0.29) is 24.3 Å². The summed E-state index contributed by atoms with van der Waals surface area (Å²) in [4.78, 5) is 34.1. The van der Waals surface area contributed by atoms with Gasteiger partial charge in [0.05, 0.1) is 14.2 Å². The van der Waals surface area contributed by atoms with Crippen LogP contribution in [0.25, 0.3) is 10.9 Å². The molecule has 0 aliphatic rings. The number of amides is 2. The topological polar surface area (TPSA) is 74.9 Å². The van der Waals surface area contributed by atoms with E-state index in [1.54, 1.807) is 43.4 Å². The number of hydrogen-bond acceptors (Lipinski definition) is 4. The Kier molecular flexibility index (Phi) is 9.26. The Hall–Kier alpha value is -4.26. The Morgan fingerprint density at radius 1 is 0.872 bits per heavy atom. The van der Waals surface area contributed by atoms with Gasteiger partial charge in [0.2, 0.25) is 5.91 Å². The van der Waals surface area contributed by atoms with Crippen LogP contribution in [0, 0.1) is 5.92 Å². The minimum atomic E-state index is -0.183. The van der Waals surface area contributed by atoms with Crippen molar-refractivity contribution in [2.45, 2.75) is 26.8 Å². The largest absolute Gasteiger partial charge is 0.497 e. The van der Waals surface area contributed by atoms with Gasteiger partial charge in [0.25, 0.3) is 5.91 Å². The van der Waals surface area contributed by atoms with E-state index in [0.717, 1.165) is 27.8 Å². The number of methoxy groups -OCH3 is 2. The third-order valence-electron chi connectivity index (χ3n) is 6.73. The molecule has 2 amide bonds. The summed E-state index contributed by atoms with van der Waals surface area (Å²) in [6.07, 6.45) is 2.71. The normalized spacial score (nSPS) is 11.0. The lowest BCUT2D eigenvalue weighted by Crippen LogP contribution is -2.44. The van der Waals surface area contributed by atoms with Crippen LogP contribution in [0.5, 0.6) is 11.5 Å². The number of aromatic nitrogens is 1. The molecule has 1 aromatic heterocycles. The molecule has 4 rings (SSSR count). The highest BCUT2D eigenvalue weighted by Gasteiger charge is 2.24. The third kappa shape index (κ3) is 7.19. The first-order valence-electron chi connectivity index (χ1n) is 13.3. The molecule has 0 fully saturated rings. The van der Waals surface area contributed by atoms with Crippen LogP contribution >= 0.6 is 0 Å². The third-order valence-corrected chi connectivity index (χ3v) is 6.73. The maximum atomic E-state index is 13.8. The highest BCUT2D eigenvalue weighted by atomic mass is 16.5. The number of carbonyl (C=O) groups excluding carboxylic acids is 2. The lowest BCUT2D eigenvalue weighted by Gasteiger charge is -2.29. The smallest absolute Gasteiger partial charge is 0.254 e. The lowest BCUT2D eigenvalue weighted by molar-refractivity contribution is -0.132. The fraction of sp³-hybridized carbons (Fsp3) is 0.312. The van der Waals surface area contributed by atoms with Crippen LogP contribution in [0.3, 0.4) is 0 Å². The summed E-state index contributed by atoms with van der Waals surface area (Å²) in [7, 11) is 3.21. The summed E-state index contributed by atoms with van der Waals surface area (Å²) in [5.41, 5.74) is 3.73. The molecule has 7 heteroatoms. The first kappa shape index (κ1) is 27.8. The van der Waals surface area contributed by atoms with Crippen LogP contribution in [-0.4, -0.2) is 60.5 Å². The van der Waals surface area contributed by atoms with Crippen LogP contribution in [0.2, 0.25) is 0 Å². The molecule has 0 saturated heterocycles. The molecule has 1 N–H and O–H groups in total. The second-order valence-electron chi connectivity index (χ2n) is 10.1. The molecule has 0 aliphatic carbocycles. The molecule has 0 spiro atoms. The molecule has 0 saturated carbocycles. The Bertz CT molecular complexity index is 1390. The van der Waals surface area contributed by atoms with Crippen LogP contribution in [0.15, 0.2) is 79.0 Å². The second kappa shape index (κ2) is 13.0. The summed E-state index contributed by atoms with van der Waals surface area (Å²) < 4.78 is 10.6. The van der Waals surface area contributed by atoms with E-state index < -0.39 is 0 Å². The summed E-state index contributed by atoms with van der Waals surface area (Å²) >= 11 is 0. The van der Waals surface area contributed by atoms with Crippen molar-refractivity contribution >= 4 is 22.7 Å². The maximum Gasteiger partial charge on any atom is 0.254 e. The predicted octanol–water partition coefficient (Wildman–Crippen LogP) is 5.55. The molecule has 0 atom stereocenters. The number of carbonyl (C=O) groups is 2. The van der Waals surface area contributed by atoms with E-state index in [2.05, 4.69) is 11.1 Å². The fourth-order valence-electron chi connectivity index (χ4n) is 4.70. The molecule has 0 unspecified atom stereocenters. The standard InChI is InChI=1S/C32H37N3O4/c1-23(2)20-35(32(37)25-8-7-9-28(18-25)39-4)22-31(36)34(21-24-12-14-27(38-3)15-13-24)17-16-26-19-33-30-11-6-5-10-29(26)30/h5-15,18-19,23,33H,16-17,20-22H2,1-4H3. The highest BCUT2D eigenvalue weighted by Crippen LogP contribution is 2.20. The van der Waals surface area contributed by atoms with Gasteiger partial charge in [-0.15, -0.1) is 0 Å². The SMILES string of the molecule is COc1ccc(CN(CCc2c[nH]c3ccccc23)C(=O)CN(CC(C)C)C(=O)c2cccc(OC)c2)cc1. The number of benzene rings is 3. The minimum Gasteiger partial charge on any atom is -0.497 e. The molecule has 39 heavy (non-hydrogen) atoms. The minimum absolute atomic E-state index is 0.00172. The van der Waals surface area contributed by atoms with E-state index in [4.69, 9.17) is 9.47 Å². The average molecular weight is 528 g/mol. The van der Waals surface area contributed by atoms with Crippen LogP contribution in [0.1, 0.15) is 35.3 Å². The highest BCUT2D eigenvalue weighted by molar-refractivity contribution is 5.97. The van der Waals surface area contributed by atoms with Gasteiger partial charge in [0.1, 0.15) is 18.0 Å². The first-order chi connectivity index (χ1) is 18.9. The number of ether oxygens (including phenoxy) is 2. The molecule has 4 aromatic rings. The van der Waals surface area contributed by atoms with Crippen molar-refractivity contribution in [1.82, 2.24) is 14.8 Å². The van der Waals surface area contributed by atoms with Gasteiger partial charge in [0.15, 0.2) is 0 Å². The fourth-order valence-corrected chi connectivity index (χ4v) is 4.70. The molecular weight excluding hydrogens is 490 g/mol. The number of rotatable bonds is 12. The van der Waals surface area contributed by atoms with E-state index in [1.165, 1.54) is 0 Å². The number of nitrogens with zero attached hydrogens (tertiary/aromatic N) is 2. The Labute approximate surface area is 230 Å². The van der Waals surface area contributed by atoms with E-state index in [1.807, 2.05) is 67.4 Å². The van der Waals surface area contributed by atoms with Crippen molar-refractivity contribution in [3.63, 3.8) is 0 Å². The zero-order valence-electron chi connectivity index (χ0n) is 23.1. The van der Waals surface area contributed by atoms with Crippen LogP contribution < -0.4 is 9.47 Å². The van der Waals surface area contributed by atoms with Crippen molar-refractivity contribution in [1.29, 1.82) is 0 Å². The van der Waals surface area contributed by atoms with Crippen molar-refractivity contribution in [3.8, 4) is 11.5 Å². The van der Waals surface area contributed by atoms with Gasteiger partial charge in [0, 0.05) is 42.3 Å². The molecule has 0 radical (unpaired) electrons. The molecule has 204 valence electrons. The summed E-state index contributed by atoms with van der Waals surface area (Å²) in [5.74, 6) is 1.30. The molecule has 3 aromatic carbocycles. The number of nitrogens with one attached hydrogen (secondary N) is 1. The molecule has 0 bridgehead atoms. The van der Waals surface area contributed by atoms with Crippen molar-refractivity contribution in [3.05, 3.63) is 95.7 Å². The number of para-hydroxylation sites is 1. The van der Waals surface area contributed by atoms with Gasteiger partial charge in [-0.1, -0.05) is 50.2 Å². The molecule has 1 heterocycles. The maximum absolute atomic E-state index is 13.8. The van der Waals surface area contributed by atoms with Gasteiger partial charge in [-0.25, -0.2) is 0 Å². The number of aromatic amines is 1. The Balaban J connectivity index is 1.56. The van der Waals surface area contributed by atoms with Crippen molar-refractivity contribution in [2.24, 2.45) is 5.92 Å². The van der Waals surface area contributed by atoms with Gasteiger partial charge < -0.3 is 24.3 Å². The van der Waals surface area contributed by atoms with Gasteiger partial charge in [-0.2, -0.15) is 0 Å². The first-order valence-corrected chi connectivity index (χ1v) is 13.3. The zero-order valence-corrected chi connectivity index (χ0v) is 23.1. The lowest BCUT2D eigenvalue weighted by atomic mass is 10.1.